The van der Waals surface area contributed by atoms with Gasteiger partial charge in [0, 0.05) is 45.8 Å². The summed E-state index contributed by atoms with van der Waals surface area (Å²) in [6.45, 7) is 4.61. The van der Waals surface area contributed by atoms with Crippen molar-refractivity contribution in [3.05, 3.63) is 41.5 Å². The number of oxazole rings is 1. The molecule has 0 radical (unpaired) electrons. The van der Waals surface area contributed by atoms with Crippen LogP contribution in [0.1, 0.15) is 17.1 Å². The van der Waals surface area contributed by atoms with Crippen molar-refractivity contribution in [1.29, 1.82) is 0 Å². The van der Waals surface area contributed by atoms with E-state index in [2.05, 4.69) is 14.9 Å². The number of pyridine rings is 1. The minimum absolute atomic E-state index is 0.0417. The Bertz CT molecular complexity index is 708. The van der Waals surface area contributed by atoms with Crippen molar-refractivity contribution in [3.8, 4) is 0 Å². The molecule has 3 heterocycles. The molecule has 2 aromatic heterocycles. The maximum atomic E-state index is 14.0. The van der Waals surface area contributed by atoms with Crippen LogP contribution in [0.2, 0.25) is 0 Å². The first-order valence-electron chi connectivity index (χ1n) is 7.44. The maximum absolute atomic E-state index is 14.0. The number of nitrogens with zero attached hydrogens (tertiary/aromatic N) is 4. The molecule has 5 nitrogen and oxygen atoms in total. The van der Waals surface area contributed by atoms with E-state index < -0.39 is 17.6 Å². The number of anilines is 1. The van der Waals surface area contributed by atoms with Crippen molar-refractivity contribution in [1.82, 2.24) is 14.9 Å². The van der Waals surface area contributed by atoms with Crippen LogP contribution < -0.4 is 4.90 Å². The zero-order valence-electron chi connectivity index (χ0n) is 13.0. The Morgan fingerprint density at radius 3 is 2.46 bits per heavy atom. The lowest BCUT2D eigenvalue weighted by molar-refractivity contribution is -0.138. The SMILES string of the molecule is Cc1nc(CN2CCN(c3ncc(C(F)(F)F)cc3F)CC2)co1. The highest BCUT2D eigenvalue weighted by Gasteiger charge is 2.32. The molecule has 3 rings (SSSR count). The third-order valence-electron chi connectivity index (χ3n) is 3.87. The van der Waals surface area contributed by atoms with Crippen LogP contribution in [-0.4, -0.2) is 41.0 Å². The number of aryl methyl sites for hydroxylation is 1. The van der Waals surface area contributed by atoms with E-state index >= 15 is 0 Å². The van der Waals surface area contributed by atoms with Gasteiger partial charge in [0.05, 0.1) is 11.3 Å². The predicted molar refractivity (Wildman–Crippen MR) is 77.9 cm³/mol. The number of alkyl halides is 3. The van der Waals surface area contributed by atoms with Gasteiger partial charge in [0.15, 0.2) is 17.5 Å². The zero-order valence-corrected chi connectivity index (χ0v) is 13.0. The summed E-state index contributed by atoms with van der Waals surface area (Å²) in [6, 6.07) is 0.493. The second-order valence-electron chi connectivity index (χ2n) is 5.65. The van der Waals surface area contributed by atoms with E-state index in [0.717, 1.165) is 5.69 Å². The largest absolute Gasteiger partial charge is 0.449 e. The van der Waals surface area contributed by atoms with E-state index in [1.165, 1.54) is 0 Å². The molecule has 1 saturated heterocycles. The topological polar surface area (TPSA) is 45.4 Å². The van der Waals surface area contributed by atoms with E-state index in [9.17, 15) is 17.6 Å². The van der Waals surface area contributed by atoms with Crippen LogP contribution in [0.25, 0.3) is 0 Å². The molecular formula is C15H16F4N4O. The highest BCUT2D eigenvalue weighted by Crippen LogP contribution is 2.31. The van der Waals surface area contributed by atoms with Crippen LogP contribution in [0.15, 0.2) is 22.9 Å². The summed E-state index contributed by atoms with van der Waals surface area (Å²) >= 11 is 0. The number of hydrogen-bond donors (Lipinski definition) is 0. The molecule has 24 heavy (non-hydrogen) atoms. The molecule has 0 spiro atoms. The Morgan fingerprint density at radius 1 is 1.21 bits per heavy atom. The van der Waals surface area contributed by atoms with Gasteiger partial charge >= 0.3 is 6.18 Å². The van der Waals surface area contributed by atoms with Gasteiger partial charge in [-0.05, 0) is 6.07 Å². The zero-order chi connectivity index (χ0) is 17.3. The molecule has 0 amide bonds. The fraction of sp³-hybridized carbons (Fsp3) is 0.467. The summed E-state index contributed by atoms with van der Waals surface area (Å²) < 4.78 is 56.8. The first-order valence-corrected chi connectivity index (χ1v) is 7.44. The quantitative estimate of drug-likeness (QED) is 0.801. The summed E-state index contributed by atoms with van der Waals surface area (Å²) in [5.74, 6) is -0.398. The normalized spacial score (nSPS) is 16.6. The van der Waals surface area contributed by atoms with Gasteiger partial charge < -0.3 is 9.32 Å². The molecule has 0 saturated carbocycles. The molecular weight excluding hydrogens is 328 g/mol. The molecule has 9 heteroatoms. The van der Waals surface area contributed by atoms with Crippen molar-refractivity contribution in [3.63, 3.8) is 0 Å². The summed E-state index contributed by atoms with van der Waals surface area (Å²) in [6.07, 6.45) is -2.33. The van der Waals surface area contributed by atoms with Crippen LogP contribution in [0.4, 0.5) is 23.4 Å². The summed E-state index contributed by atoms with van der Waals surface area (Å²) in [4.78, 5) is 11.7. The Morgan fingerprint density at radius 2 is 1.92 bits per heavy atom. The van der Waals surface area contributed by atoms with Crippen molar-refractivity contribution in [2.45, 2.75) is 19.6 Å². The number of rotatable bonds is 3. The molecule has 0 bridgehead atoms. The van der Waals surface area contributed by atoms with E-state index in [-0.39, 0.29) is 5.82 Å². The monoisotopic (exact) mass is 344 g/mol. The van der Waals surface area contributed by atoms with Gasteiger partial charge in [-0.2, -0.15) is 13.2 Å². The van der Waals surface area contributed by atoms with Gasteiger partial charge in [-0.3, -0.25) is 4.90 Å². The van der Waals surface area contributed by atoms with E-state index in [0.29, 0.717) is 50.9 Å². The first-order chi connectivity index (χ1) is 11.3. The van der Waals surface area contributed by atoms with Crippen LogP contribution in [0.3, 0.4) is 0 Å². The van der Waals surface area contributed by atoms with Crippen molar-refractivity contribution in [2.75, 3.05) is 31.1 Å². The third-order valence-corrected chi connectivity index (χ3v) is 3.87. The van der Waals surface area contributed by atoms with E-state index in [1.54, 1.807) is 18.1 Å². The molecule has 0 unspecified atom stereocenters. The van der Waals surface area contributed by atoms with Crippen LogP contribution in [-0.2, 0) is 12.7 Å². The number of hydrogen-bond acceptors (Lipinski definition) is 5. The molecule has 0 aliphatic carbocycles. The number of piperazine rings is 1. The Kier molecular flexibility index (Phi) is 4.44. The number of aromatic nitrogens is 2. The fourth-order valence-corrected chi connectivity index (χ4v) is 2.65. The van der Waals surface area contributed by atoms with E-state index in [1.807, 2.05) is 0 Å². The first kappa shape index (κ1) is 16.7. The molecule has 130 valence electrons. The summed E-state index contributed by atoms with van der Waals surface area (Å²) in [5.41, 5.74) is -0.261. The van der Waals surface area contributed by atoms with Gasteiger partial charge in [-0.25, -0.2) is 14.4 Å². The van der Waals surface area contributed by atoms with Crippen molar-refractivity contribution >= 4 is 5.82 Å². The summed E-state index contributed by atoms with van der Waals surface area (Å²) in [7, 11) is 0. The highest BCUT2D eigenvalue weighted by atomic mass is 19.4. The van der Waals surface area contributed by atoms with Gasteiger partial charge in [0.25, 0.3) is 0 Å². The fourth-order valence-electron chi connectivity index (χ4n) is 2.65. The lowest BCUT2D eigenvalue weighted by Gasteiger charge is -2.35. The molecule has 0 aromatic carbocycles. The third kappa shape index (κ3) is 3.66. The molecule has 1 aliphatic rings. The van der Waals surface area contributed by atoms with Crippen LogP contribution in [0.5, 0.6) is 0 Å². The Balaban J connectivity index is 1.62. The van der Waals surface area contributed by atoms with Gasteiger partial charge in [-0.1, -0.05) is 0 Å². The lowest BCUT2D eigenvalue weighted by atomic mass is 10.2. The molecule has 2 aromatic rings. The number of halogens is 4. The average molecular weight is 344 g/mol. The summed E-state index contributed by atoms with van der Waals surface area (Å²) in [5, 5.41) is 0. The van der Waals surface area contributed by atoms with Gasteiger partial charge in [-0.15, -0.1) is 0 Å². The minimum atomic E-state index is -4.60. The Labute approximate surface area is 135 Å². The predicted octanol–water partition coefficient (Wildman–Crippen LogP) is 2.86. The minimum Gasteiger partial charge on any atom is -0.449 e. The van der Waals surface area contributed by atoms with Gasteiger partial charge in [0.1, 0.15) is 6.26 Å². The van der Waals surface area contributed by atoms with Crippen molar-refractivity contribution < 1.29 is 22.0 Å². The standard InChI is InChI=1S/C15H16F4N4O/c1-10-21-12(9-24-10)8-22-2-4-23(5-3-22)14-13(16)6-11(7-20-14)15(17,18)19/h6-7,9H,2-5,8H2,1H3. The lowest BCUT2D eigenvalue weighted by Crippen LogP contribution is -2.46. The Hall–Kier alpha value is -2.16. The maximum Gasteiger partial charge on any atom is 0.417 e. The molecule has 1 fully saturated rings. The molecule has 0 atom stereocenters. The van der Waals surface area contributed by atoms with Crippen LogP contribution >= 0.6 is 0 Å². The smallest absolute Gasteiger partial charge is 0.417 e. The highest BCUT2D eigenvalue weighted by molar-refractivity contribution is 5.42. The van der Waals surface area contributed by atoms with Gasteiger partial charge in [0.2, 0.25) is 0 Å². The second kappa shape index (κ2) is 6.39. The second-order valence-corrected chi connectivity index (χ2v) is 5.65. The van der Waals surface area contributed by atoms with Crippen LogP contribution in [0, 0.1) is 12.7 Å². The molecule has 0 N–H and O–H groups in total. The van der Waals surface area contributed by atoms with Crippen molar-refractivity contribution in [2.24, 2.45) is 0 Å². The molecule has 1 aliphatic heterocycles. The van der Waals surface area contributed by atoms with E-state index in [4.69, 9.17) is 4.42 Å². The average Bonchev–Trinajstić information content (AvgIpc) is 2.92.